The first-order valence-electron chi connectivity index (χ1n) is 5.38. The number of rotatable bonds is 4. The van der Waals surface area contributed by atoms with Crippen molar-refractivity contribution >= 4 is 21.7 Å². The lowest BCUT2D eigenvalue weighted by Gasteiger charge is -2.07. The number of anilines is 1. The zero-order valence-corrected chi connectivity index (χ0v) is 11.2. The van der Waals surface area contributed by atoms with E-state index in [2.05, 4.69) is 31.2 Å². The predicted octanol–water partition coefficient (Wildman–Crippen LogP) is 3.60. The van der Waals surface area contributed by atoms with E-state index in [1.165, 1.54) is 18.3 Å². The van der Waals surface area contributed by atoms with Crippen LogP contribution in [0.3, 0.4) is 0 Å². The molecule has 0 aliphatic rings. The molecule has 1 N–H and O–H groups in total. The molecule has 6 heteroatoms. The summed E-state index contributed by atoms with van der Waals surface area (Å²) in [6, 6.07) is 4.55. The SMILES string of the molecule is CCNc1cncc(Oc2ccc(Br)cc2F)n1. The zero-order chi connectivity index (χ0) is 13.0. The van der Waals surface area contributed by atoms with Gasteiger partial charge in [0.2, 0.25) is 5.88 Å². The Balaban J connectivity index is 2.20. The summed E-state index contributed by atoms with van der Waals surface area (Å²) in [7, 11) is 0. The quantitative estimate of drug-likeness (QED) is 0.937. The monoisotopic (exact) mass is 311 g/mol. The molecule has 1 aromatic carbocycles. The summed E-state index contributed by atoms with van der Waals surface area (Å²) >= 11 is 3.18. The fourth-order valence-electron chi connectivity index (χ4n) is 1.33. The highest BCUT2D eigenvalue weighted by molar-refractivity contribution is 9.10. The minimum atomic E-state index is -0.458. The molecule has 1 aromatic heterocycles. The highest BCUT2D eigenvalue weighted by Gasteiger charge is 2.07. The van der Waals surface area contributed by atoms with Crippen molar-refractivity contribution in [2.24, 2.45) is 0 Å². The highest BCUT2D eigenvalue weighted by Crippen LogP contribution is 2.25. The van der Waals surface area contributed by atoms with Crippen LogP contribution < -0.4 is 10.1 Å². The van der Waals surface area contributed by atoms with Crippen LogP contribution in [-0.2, 0) is 0 Å². The van der Waals surface area contributed by atoms with E-state index in [0.717, 1.165) is 6.54 Å². The van der Waals surface area contributed by atoms with Crippen LogP contribution in [0, 0.1) is 5.82 Å². The molecule has 0 fully saturated rings. The summed E-state index contributed by atoms with van der Waals surface area (Å²) in [5.74, 6) is 0.489. The van der Waals surface area contributed by atoms with Gasteiger partial charge in [0.05, 0.1) is 12.4 Å². The summed E-state index contributed by atoms with van der Waals surface area (Å²) in [4.78, 5) is 8.11. The van der Waals surface area contributed by atoms with Gasteiger partial charge in [-0.1, -0.05) is 15.9 Å². The number of aromatic nitrogens is 2. The molecule has 4 nitrogen and oxygen atoms in total. The molecule has 2 rings (SSSR count). The smallest absolute Gasteiger partial charge is 0.239 e. The third-order valence-electron chi connectivity index (χ3n) is 2.08. The van der Waals surface area contributed by atoms with E-state index in [1.54, 1.807) is 12.3 Å². The van der Waals surface area contributed by atoms with Crippen molar-refractivity contribution in [3.8, 4) is 11.6 Å². The molecule has 0 aliphatic heterocycles. The van der Waals surface area contributed by atoms with Crippen molar-refractivity contribution in [3.63, 3.8) is 0 Å². The van der Waals surface area contributed by atoms with Gasteiger partial charge in [-0.2, -0.15) is 4.98 Å². The van der Waals surface area contributed by atoms with Gasteiger partial charge in [-0.05, 0) is 25.1 Å². The van der Waals surface area contributed by atoms with Gasteiger partial charge in [-0.3, -0.25) is 4.98 Å². The van der Waals surface area contributed by atoms with Gasteiger partial charge in [0.1, 0.15) is 5.82 Å². The summed E-state index contributed by atoms with van der Waals surface area (Å²) in [6.07, 6.45) is 3.01. The Morgan fingerprint density at radius 1 is 1.39 bits per heavy atom. The van der Waals surface area contributed by atoms with Gasteiger partial charge in [-0.15, -0.1) is 0 Å². The maximum Gasteiger partial charge on any atom is 0.239 e. The number of nitrogens with one attached hydrogen (secondary N) is 1. The minimum absolute atomic E-state index is 0.112. The van der Waals surface area contributed by atoms with E-state index in [1.807, 2.05) is 6.92 Å². The molecule has 1 heterocycles. The second-order valence-corrected chi connectivity index (χ2v) is 4.37. The van der Waals surface area contributed by atoms with Gasteiger partial charge >= 0.3 is 0 Å². The largest absolute Gasteiger partial charge is 0.434 e. The molecule has 2 aromatic rings. The molecular weight excluding hydrogens is 301 g/mol. The number of hydrogen-bond acceptors (Lipinski definition) is 4. The first kappa shape index (κ1) is 12.8. The van der Waals surface area contributed by atoms with E-state index in [4.69, 9.17) is 4.74 Å². The second-order valence-electron chi connectivity index (χ2n) is 3.45. The molecule has 0 radical (unpaired) electrons. The van der Waals surface area contributed by atoms with Crippen LogP contribution in [0.2, 0.25) is 0 Å². The standard InChI is InChI=1S/C12H11BrFN3O/c1-2-16-11-6-15-7-12(17-11)18-10-4-3-8(13)5-9(10)14/h3-7H,2H2,1H3,(H,16,17). The van der Waals surface area contributed by atoms with E-state index in [9.17, 15) is 4.39 Å². The van der Waals surface area contributed by atoms with Crippen LogP contribution in [0.15, 0.2) is 35.1 Å². The normalized spacial score (nSPS) is 10.2. The summed E-state index contributed by atoms with van der Waals surface area (Å²) in [5.41, 5.74) is 0. The third kappa shape index (κ3) is 3.16. The van der Waals surface area contributed by atoms with Crippen molar-refractivity contribution in [1.82, 2.24) is 9.97 Å². The molecule has 0 unspecified atom stereocenters. The van der Waals surface area contributed by atoms with E-state index >= 15 is 0 Å². The Morgan fingerprint density at radius 2 is 2.22 bits per heavy atom. The van der Waals surface area contributed by atoms with Gasteiger partial charge in [0.15, 0.2) is 11.6 Å². The number of nitrogens with zero attached hydrogens (tertiary/aromatic N) is 2. The van der Waals surface area contributed by atoms with Crippen LogP contribution >= 0.6 is 15.9 Å². The van der Waals surface area contributed by atoms with Gasteiger partial charge < -0.3 is 10.1 Å². The van der Waals surface area contributed by atoms with Crippen molar-refractivity contribution in [2.45, 2.75) is 6.92 Å². The second kappa shape index (κ2) is 5.77. The molecule has 0 aliphatic carbocycles. The average molecular weight is 312 g/mol. The summed E-state index contributed by atoms with van der Waals surface area (Å²) < 4.78 is 19.6. The van der Waals surface area contributed by atoms with E-state index in [-0.39, 0.29) is 11.6 Å². The Kier molecular flexibility index (Phi) is 4.09. The topological polar surface area (TPSA) is 47.0 Å². The number of benzene rings is 1. The summed E-state index contributed by atoms with van der Waals surface area (Å²) in [6.45, 7) is 2.67. The Bertz CT molecular complexity index is 551. The van der Waals surface area contributed by atoms with Crippen LogP contribution in [0.1, 0.15) is 6.92 Å². The van der Waals surface area contributed by atoms with Crippen LogP contribution in [0.5, 0.6) is 11.6 Å². The van der Waals surface area contributed by atoms with Crippen molar-refractivity contribution < 1.29 is 9.13 Å². The lowest BCUT2D eigenvalue weighted by Crippen LogP contribution is -2.01. The molecule has 94 valence electrons. The molecule has 0 spiro atoms. The fraction of sp³-hybridized carbons (Fsp3) is 0.167. The highest BCUT2D eigenvalue weighted by atomic mass is 79.9. The maximum atomic E-state index is 13.6. The molecular formula is C12H11BrFN3O. The predicted molar refractivity (Wildman–Crippen MR) is 70.4 cm³/mol. The van der Waals surface area contributed by atoms with Crippen LogP contribution in [0.4, 0.5) is 10.2 Å². The molecule has 0 amide bonds. The third-order valence-corrected chi connectivity index (χ3v) is 2.57. The first-order valence-corrected chi connectivity index (χ1v) is 6.17. The Morgan fingerprint density at radius 3 is 2.94 bits per heavy atom. The van der Waals surface area contributed by atoms with E-state index in [0.29, 0.717) is 10.3 Å². The zero-order valence-electron chi connectivity index (χ0n) is 9.65. The van der Waals surface area contributed by atoms with Gasteiger partial charge in [0.25, 0.3) is 0 Å². The van der Waals surface area contributed by atoms with Crippen LogP contribution in [-0.4, -0.2) is 16.5 Å². The van der Waals surface area contributed by atoms with Crippen molar-refractivity contribution in [1.29, 1.82) is 0 Å². The van der Waals surface area contributed by atoms with Crippen LogP contribution in [0.25, 0.3) is 0 Å². The van der Waals surface area contributed by atoms with E-state index < -0.39 is 5.82 Å². The number of ether oxygens (including phenoxy) is 1. The summed E-state index contributed by atoms with van der Waals surface area (Å²) in [5, 5.41) is 3.00. The lowest BCUT2D eigenvalue weighted by atomic mass is 10.3. The lowest BCUT2D eigenvalue weighted by molar-refractivity contribution is 0.426. The molecule has 0 bridgehead atoms. The van der Waals surface area contributed by atoms with Crippen molar-refractivity contribution in [3.05, 3.63) is 40.9 Å². The molecule has 18 heavy (non-hydrogen) atoms. The minimum Gasteiger partial charge on any atom is -0.434 e. The van der Waals surface area contributed by atoms with Gasteiger partial charge in [-0.25, -0.2) is 4.39 Å². The van der Waals surface area contributed by atoms with Gasteiger partial charge in [0, 0.05) is 11.0 Å². The maximum absolute atomic E-state index is 13.6. The number of hydrogen-bond donors (Lipinski definition) is 1. The molecule has 0 saturated heterocycles. The van der Waals surface area contributed by atoms with Crippen molar-refractivity contribution in [2.75, 3.05) is 11.9 Å². The molecule has 0 saturated carbocycles. The fourth-order valence-corrected chi connectivity index (χ4v) is 1.67. The average Bonchev–Trinajstić information content (AvgIpc) is 2.34. The first-order chi connectivity index (χ1) is 8.69. The Labute approximate surface area is 112 Å². The Hall–Kier alpha value is -1.69. The number of halogens is 2. The molecule has 0 atom stereocenters.